The quantitative estimate of drug-likeness (QED) is 0.648. The van der Waals surface area contributed by atoms with E-state index in [9.17, 15) is 4.79 Å². The van der Waals surface area contributed by atoms with Gasteiger partial charge in [0.15, 0.2) is 0 Å². The van der Waals surface area contributed by atoms with Gasteiger partial charge >= 0.3 is 0 Å². The topological polar surface area (TPSA) is 57.2 Å². The van der Waals surface area contributed by atoms with Crippen LogP contribution in [0.5, 0.6) is 0 Å². The molecule has 2 N–H and O–H groups in total. The summed E-state index contributed by atoms with van der Waals surface area (Å²) in [5.41, 5.74) is 4.58. The van der Waals surface area contributed by atoms with Gasteiger partial charge < -0.3 is 4.98 Å². The first-order valence-corrected chi connectivity index (χ1v) is 5.78. The Hall–Kier alpha value is -2.07. The maximum atomic E-state index is 11.6. The van der Waals surface area contributed by atoms with Gasteiger partial charge in [0.1, 0.15) is 5.69 Å². The standard InChI is InChI=1S/C13H12ClN3O/c1-9(10-4-6-11(14)7-5-10)16-17-13(18)12-3-2-8-15-12/h2-8,15H,1H3,(H,17,18)/b16-9-. The fourth-order valence-electron chi connectivity index (χ4n) is 1.42. The van der Waals surface area contributed by atoms with E-state index in [1.54, 1.807) is 30.5 Å². The second-order valence-corrected chi connectivity index (χ2v) is 4.17. The maximum Gasteiger partial charge on any atom is 0.287 e. The number of nitrogens with one attached hydrogen (secondary N) is 2. The SMILES string of the molecule is C/C(=N/NC(=O)c1ccc[nH]1)c1ccc(Cl)cc1. The van der Waals surface area contributed by atoms with Gasteiger partial charge in [-0.15, -0.1) is 0 Å². The van der Waals surface area contributed by atoms with Crippen molar-refractivity contribution in [1.29, 1.82) is 0 Å². The summed E-state index contributed by atoms with van der Waals surface area (Å²) < 4.78 is 0. The second-order valence-electron chi connectivity index (χ2n) is 3.73. The van der Waals surface area contributed by atoms with E-state index in [0.717, 1.165) is 5.56 Å². The van der Waals surface area contributed by atoms with Crippen LogP contribution in [0.4, 0.5) is 0 Å². The van der Waals surface area contributed by atoms with Gasteiger partial charge in [0.05, 0.1) is 5.71 Å². The summed E-state index contributed by atoms with van der Waals surface area (Å²) >= 11 is 5.80. The molecular weight excluding hydrogens is 250 g/mol. The van der Waals surface area contributed by atoms with E-state index in [1.165, 1.54) is 0 Å². The number of carbonyl (C=O) groups is 1. The van der Waals surface area contributed by atoms with Crippen LogP contribution in [0.2, 0.25) is 5.02 Å². The van der Waals surface area contributed by atoms with Crippen molar-refractivity contribution in [1.82, 2.24) is 10.4 Å². The van der Waals surface area contributed by atoms with E-state index in [1.807, 2.05) is 19.1 Å². The molecule has 1 heterocycles. The fourth-order valence-corrected chi connectivity index (χ4v) is 1.55. The summed E-state index contributed by atoms with van der Waals surface area (Å²) in [6, 6.07) is 10.7. The first kappa shape index (κ1) is 12.4. The highest BCUT2D eigenvalue weighted by Gasteiger charge is 2.04. The van der Waals surface area contributed by atoms with Gasteiger partial charge in [0.2, 0.25) is 0 Å². The largest absolute Gasteiger partial charge is 0.357 e. The molecule has 0 aliphatic carbocycles. The molecule has 2 rings (SSSR count). The second kappa shape index (κ2) is 5.51. The lowest BCUT2D eigenvalue weighted by Gasteiger charge is -2.02. The highest BCUT2D eigenvalue weighted by atomic mass is 35.5. The molecule has 0 saturated carbocycles. The van der Waals surface area contributed by atoms with E-state index >= 15 is 0 Å². The third-order valence-corrected chi connectivity index (χ3v) is 2.68. The van der Waals surface area contributed by atoms with Crippen LogP contribution in [0.3, 0.4) is 0 Å². The molecule has 1 amide bonds. The minimum absolute atomic E-state index is 0.270. The number of benzene rings is 1. The molecule has 0 aliphatic heterocycles. The van der Waals surface area contributed by atoms with Crippen LogP contribution >= 0.6 is 11.6 Å². The van der Waals surface area contributed by atoms with Crippen molar-refractivity contribution in [3.05, 3.63) is 58.9 Å². The van der Waals surface area contributed by atoms with E-state index in [-0.39, 0.29) is 5.91 Å². The van der Waals surface area contributed by atoms with E-state index in [0.29, 0.717) is 16.4 Å². The fraction of sp³-hybridized carbons (Fsp3) is 0.0769. The number of carbonyl (C=O) groups excluding carboxylic acids is 1. The number of aromatic amines is 1. The molecule has 1 aromatic heterocycles. The molecule has 0 saturated heterocycles. The monoisotopic (exact) mass is 261 g/mol. The summed E-state index contributed by atoms with van der Waals surface area (Å²) in [4.78, 5) is 14.4. The maximum absolute atomic E-state index is 11.6. The molecule has 0 atom stereocenters. The molecule has 0 spiro atoms. The molecule has 18 heavy (non-hydrogen) atoms. The summed E-state index contributed by atoms with van der Waals surface area (Å²) in [6.07, 6.45) is 1.69. The number of hydrazone groups is 1. The molecule has 4 nitrogen and oxygen atoms in total. The number of amides is 1. The smallest absolute Gasteiger partial charge is 0.287 e. The van der Waals surface area contributed by atoms with Gasteiger partial charge in [-0.25, -0.2) is 5.43 Å². The van der Waals surface area contributed by atoms with Crippen LogP contribution in [0.1, 0.15) is 23.0 Å². The van der Waals surface area contributed by atoms with Crippen molar-refractivity contribution in [3.63, 3.8) is 0 Å². The van der Waals surface area contributed by atoms with Crippen molar-refractivity contribution in [2.45, 2.75) is 6.92 Å². The molecule has 1 aromatic carbocycles. The molecule has 92 valence electrons. The van der Waals surface area contributed by atoms with Gasteiger partial charge in [-0.3, -0.25) is 4.79 Å². The molecule has 0 fully saturated rings. The van der Waals surface area contributed by atoms with Crippen molar-refractivity contribution < 1.29 is 4.79 Å². The lowest BCUT2D eigenvalue weighted by Crippen LogP contribution is -2.19. The summed E-state index contributed by atoms with van der Waals surface area (Å²) in [5, 5.41) is 4.70. The number of halogens is 1. The Balaban J connectivity index is 2.05. The van der Waals surface area contributed by atoms with Gasteiger partial charge in [-0.2, -0.15) is 5.10 Å². The average Bonchev–Trinajstić information content (AvgIpc) is 2.90. The van der Waals surface area contributed by atoms with Crippen LogP contribution < -0.4 is 5.43 Å². The van der Waals surface area contributed by atoms with Crippen molar-refractivity contribution >= 4 is 23.2 Å². The van der Waals surface area contributed by atoms with Crippen molar-refractivity contribution in [2.75, 3.05) is 0 Å². The first-order valence-electron chi connectivity index (χ1n) is 5.41. The molecule has 0 aliphatic rings. The Morgan fingerprint density at radius 1 is 1.28 bits per heavy atom. The number of nitrogens with zero attached hydrogens (tertiary/aromatic N) is 1. The minimum Gasteiger partial charge on any atom is -0.357 e. The van der Waals surface area contributed by atoms with E-state index in [2.05, 4.69) is 15.5 Å². The predicted octanol–water partition coefficient (Wildman–Crippen LogP) is 2.82. The Morgan fingerprint density at radius 3 is 2.61 bits per heavy atom. The Morgan fingerprint density at radius 2 is 2.00 bits per heavy atom. The summed E-state index contributed by atoms with van der Waals surface area (Å²) in [6.45, 7) is 1.82. The number of hydrogen-bond acceptors (Lipinski definition) is 2. The number of rotatable bonds is 3. The Kier molecular flexibility index (Phi) is 3.79. The highest BCUT2D eigenvalue weighted by Crippen LogP contribution is 2.10. The number of H-pyrrole nitrogens is 1. The minimum atomic E-state index is -0.270. The predicted molar refractivity (Wildman–Crippen MR) is 71.9 cm³/mol. The molecule has 0 bridgehead atoms. The summed E-state index contributed by atoms with van der Waals surface area (Å²) in [5.74, 6) is -0.270. The first-order chi connectivity index (χ1) is 8.66. The molecular formula is C13H12ClN3O. The summed E-state index contributed by atoms with van der Waals surface area (Å²) in [7, 11) is 0. The third-order valence-electron chi connectivity index (χ3n) is 2.43. The van der Waals surface area contributed by atoms with Gasteiger partial charge in [-0.05, 0) is 36.8 Å². The Labute approximate surface area is 110 Å². The zero-order valence-corrected chi connectivity index (χ0v) is 10.5. The van der Waals surface area contributed by atoms with E-state index < -0.39 is 0 Å². The zero-order valence-electron chi connectivity index (χ0n) is 9.77. The lowest BCUT2D eigenvalue weighted by molar-refractivity contribution is 0.0950. The van der Waals surface area contributed by atoms with E-state index in [4.69, 9.17) is 11.6 Å². The van der Waals surface area contributed by atoms with Crippen molar-refractivity contribution in [2.24, 2.45) is 5.10 Å². The molecule has 0 radical (unpaired) electrons. The van der Waals surface area contributed by atoms with Crippen LogP contribution in [0, 0.1) is 0 Å². The van der Waals surface area contributed by atoms with Gasteiger partial charge in [0, 0.05) is 11.2 Å². The normalized spacial score (nSPS) is 11.3. The molecule has 2 aromatic rings. The third kappa shape index (κ3) is 2.99. The van der Waals surface area contributed by atoms with Crippen LogP contribution in [0.25, 0.3) is 0 Å². The molecule has 0 unspecified atom stereocenters. The number of hydrogen-bond donors (Lipinski definition) is 2. The van der Waals surface area contributed by atoms with Crippen LogP contribution in [-0.2, 0) is 0 Å². The molecule has 5 heteroatoms. The lowest BCUT2D eigenvalue weighted by atomic mass is 10.1. The van der Waals surface area contributed by atoms with Crippen LogP contribution in [-0.4, -0.2) is 16.6 Å². The Bertz CT molecular complexity index is 558. The van der Waals surface area contributed by atoms with Gasteiger partial charge in [0.25, 0.3) is 5.91 Å². The zero-order chi connectivity index (χ0) is 13.0. The van der Waals surface area contributed by atoms with Crippen LogP contribution in [0.15, 0.2) is 47.7 Å². The number of aromatic nitrogens is 1. The highest BCUT2D eigenvalue weighted by molar-refractivity contribution is 6.30. The van der Waals surface area contributed by atoms with Gasteiger partial charge in [-0.1, -0.05) is 23.7 Å². The average molecular weight is 262 g/mol. The van der Waals surface area contributed by atoms with Crippen molar-refractivity contribution in [3.8, 4) is 0 Å².